The van der Waals surface area contributed by atoms with Crippen LogP contribution in [0.2, 0.25) is 0 Å². The summed E-state index contributed by atoms with van der Waals surface area (Å²) >= 11 is 0. The van der Waals surface area contributed by atoms with Crippen LogP contribution in [-0.4, -0.2) is 24.9 Å². The van der Waals surface area contributed by atoms with Crippen molar-refractivity contribution in [2.45, 2.75) is 25.5 Å². The van der Waals surface area contributed by atoms with Crippen molar-refractivity contribution < 1.29 is 19.1 Å². The molecule has 0 spiro atoms. The molecule has 1 atom stereocenters. The molecule has 5 nitrogen and oxygen atoms in total. The highest BCUT2D eigenvalue weighted by Crippen LogP contribution is 2.32. The minimum absolute atomic E-state index is 0.143. The molecular weight excluding hydrogens is 306 g/mol. The van der Waals surface area contributed by atoms with Crippen molar-refractivity contribution in [3.05, 3.63) is 64.7 Å². The van der Waals surface area contributed by atoms with Crippen molar-refractivity contribution in [2.75, 3.05) is 7.11 Å². The first-order valence-electron chi connectivity index (χ1n) is 7.82. The summed E-state index contributed by atoms with van der Waals surface area (Å²) in [4.78, 5) is 24.5. The van der Waals surface area contributed by atoms with E-state index in [0.29, 0.717) is 41.9 Å². The topological polar surface area (TPSA) is 78.6 Å². The lowest BCUT2D eigenvalue weighted by atomic mass is 9.84. The molecule has 0 heterocycles. The van der Waals surface area contributed by atoms with E-state index in [-0.39, 0.29) is 5.78 Å². The van der Waals surface area contributed by atoms with E-state index in [1.807, 2.05) is 30.3 Å². The zero-order chi connectivity index (χ0) is 17.1. The number of carbonyl (C=O) groups excluding carboxylic acids is 2. The maximum atomic E-state index is 12.3. The fourth-order valence-electron chi connectivity index (χ4n) is 2.93. The highest BCUT2D eigenvalue weighted by molar-refractivity contribution is 6.06. The first-order chi connectivity index (χ1) is 11.6. The molecule has 24 heavy (non-hydrogen) atoms. The monoisotopic (exact) mass is 325 g/mol. The Balaban J connectivity index is 1.97. The molecule has 1 aliphatic rings. The predicted octanol–water partition coefficient (Wildman–Crippen LogP) is 2.51. The number of ketones is 1. The van der Waals surface area contributed by atoms with E-state index in [1.165, 1.54) is 7.11 Å². The zero-order valence-corrected chi connectivity index (χ0v) is 13.5. The minimum atomic E-state index is -0.515. The van der Waals surface area contributed by atoms with Gasteiger partial charge >= 0.3 is 5.97 Å². The van der Waals surface area contributed by atoms with Crippen molar-refractivity contribution in [3.8, 4) is 5.75 Å². The van der Waals surface area contributed by atoms with Crippen LogP contribution in [0.15, 0.2) is 42.5 Å². The van der Waals surface area contributed by atoms with Crippen LogP contribution in [0.25, 0.3) is 0 Å². The van der Waals surface area contributed by atoms with Gasteiger partial charge in [0, 0.05) is 5.56 Å². The fraction of sp³-hybridized carbons (Fsp3) is 0.263. The second-order valence-electron chi connectivity index (χ2n) is 5.74. The third-order valence-corrected chi connectivity index (χ3v) is 4.21. The van der Waals surface area contributed by atoms with Gasteiger partial charge in [-0.3, -0.25) is 4.79 Å². The number of hydrogen-bond acceptors (Lipinski definition) is 5. The molecule has 0 aromatic heterocycles. The lowest BCUT2D eigenvalue weighted by Crippen LogP contribution is -2.36. The third kappa shape index (κ3) is 3.03. The SMILES string of the molecule is COC(=O)c1c(OCc2ccccc2)ccc2c1CCC(N)C2=O. The summed E-state index contributed by atoms with van der Waals surface area (Å²) in [6.07, 6.45) is 1.06. The largest absolute Gasteiger partial charge is 0.488 e. The summed E-state index contributed by atoms with van der Waals surface area (Å²) in [5.41, 5.74) is 8.30. The molecule has 0 fully saturated rings. The van der Waals surface area contributed by atoms with E-state index in [4.69, 9.17) is 15.2 Å². The molecule has 0 radical (unpaired) electrons. The normalized spacial score (nSPS) is 16.4. The van der Waals surface area contributed by atoms with Crippen molar-refractivity contribution in [1.82, 2.24) is 0 Å². The van der Waals surface area contributed by atoms with E-state index >= 15 is 0 Å². The van der Waals surface area contributed by atoms with Gasteiger partial charge in [0.25, 0.3) is 0 Å². The first-order valence-corrected chi connectivity index (χ1v) is 7.82. The minimum Gasteiger partial charge on any atom is -0.488 e. The van der Waals surface area contributed by atoms with E-state index in [1.54, 1.807) is 12.1 Å². The van der Waals surface area contributed by atoms with Gasteiger partial charge in [-0.2, -0.15) is 0 Å². The summed E-state index contributed by atoms with van der Waals surface area (Å²) in [5, 5.41) is 0. The van der Waals surface area contributed by atoms with Crippen LogP contribution in [0.1, 0.15) is 38.3 Å². The molecule has 3 rings (SSSR count). The third-order valence-electron chi connectivity index (χ3n) is 4.21. The number of benzene rings is 2. The maximum absolute atomic E-state index is 12.3. The summed E-state index contributed by atoms with van der Waals surface area (Å²) in [5.74, 6) is -0.220. The predicted molar refractivity (Wildman–Crippen MR) is 89.2 cm³/mol. The van der Waals surface area contributed by atoms with Gasteiger partial charge in [-0.25, -0.2) is 4.79 Å². The van der Waals surface area contributed by atoms with Crippen molar-refractivity contribution >= 4 is 11.8 Å². The van der Waals surface area contributed by atoms with Crippen LogP contribution in [0, 0.1) is 0 Å². The van der Waals surface area contributed by atoms with Crippen LogP contribution in [0.4, 0.5) is 0 Å². The molecule has 2 aromatic rings. The fourth-order valence-corrected chi connectivity index (χ4v) is 2.93. The molecule has 5 heteroatoms. The van der Waals surface area contributed by atoms with Crippen LogP contribution in [-0.2, 0) is 17.8 Å². The Hall–Kier alpha value is -2.66. The molecule has 0 bridgehead atoms. The molecule has 124 valence electrons. The zero-order valence-electron chi connectivity index (χ0n) is 13.5. The van der Waals surface area contributed by atoms with Gasteiger partial charge in [-0.15, -0.1) is 0 Å². The van der Waals surface area contributed by atoms with E-state index in [9.17, 15) is 9.59 Å². The molecule has 0 amide bonds. The quantitative estimate of drug-likeness (QED) is 0.874. The molecule has 0 aliphatic heterocycles. The number of rotatable bonds is 4. The number of nitrogens with two attached hydrogens (primary N) is 1. The molecule has 0 saturated carbocycles. The second kappa shape index (κ2) is 6.84. The maximum Gasteiger partial charge on any atom is 0.341 e. The van der Waals surface area contributed by atoms with E-state index in [0.717, 1.165) is 5.56 Å². The molecule has 2 aromatic carbocycles. The number of ether oxygens (including phenoxy) is 2. The lowest BCUT2D eigenvalue weighted by molar-refractivity contribution is 0.0594. The van der Waals surface area contributed by atoms with Gasteiger partial charge in [-0.05, 0) is 36.1 Å². The number of Topliss-reactive ketones (excluding diaryl/α,β-unsaturated/α-hetero) is 1. The number of methoxy groups -OCH3 is 1. The average Bonchev–Trinajstić information content (AvgIpc) is 2.62. The van der Waals surface area contributed by atoms with Crippen LogP contribution >= 0.6 is 0 Å². The summed E-state index contributed by atoms with van der Waals surface area (Å²) in [6, 6.07) is 12.5. The van der Waals surface area contributed by atoms with Gasteiger partial charge in [0.05, 0.1) is 13.2 Å². The van der Waals surface area contributed by atoms with Gasteiger partial charge in [-0.1, -0.05) is 30.3 Å². The Morgan fingerprint density at radius 2 is 1.96 bits per heavy atom. The van der Waals surface area contributed by atoms with Crippen LogP contribution < -0.4 is 10.5 Å². The number of hydrogen-bond donors (Lipinski definition) is 1. The average molecular weight is 325 g/mol. The Kier molecular flexibility index (Phi) is 4.62. The number of carbonyl (C=O) groups is 2. The smallest absolute Gasteiger partial charge is 0.341 e. The van der Waals surface area contributed by atoms with Crippen molar-refractivity contribution in [2.24, 2.45) is 5.73 Å². The number of fused-ring (bicyclic) bond motifs is 1. The van der Waals surface area contributed by atoms with Crippen molar-refractivity contribution in [3.63, 3.8) is 0 Å². The van der Waals surface area contributed by atoms with Crippen LogP contribution in [0.3, 0.4) is 0 Å². The van der Waals surface area contributed by atoms with Gasteiger partial charge in [0.15, 0.2) is 5.78 Å². The highest BCUT2D eigenvalue weighted by Gasteiger charge is 2.30. The molecule has 1 unspecified atom stereocenters. The molecule has 1 aliphatic carbocycles. The van der Waals surface area contributed by atoms with Gasteiger partial charge in [0.1, 0.15) is 17.9 Å². The Morgan fingerprint density at radius 3 is 2.67 bits per heavy atom. The second-order valence-corrected chi connectivity index (χ2v) is 5.74. The highest BCUT2D eigenvalue weighted by atomic mass is 16.5. The molecule has 0 saturated heterocycles. The standard InChI is InChI=1S/C19H19NO4/c1-23-19(22)17-13-7-9-15(20)18(21)14(13)8-10-16(17)24-11-12-5-3-2-4-6-12/h2-6,8,10,15H,7,9,11,20H2,1H3. The van der Waals surface area contributed by atoms with E-state index < -0.39 is 12.0 Å². The lowest BCUT2D eigenvalue weighted by Gasteiger charge is -2.23. The van der Waals surface area contributed by atoms with Crippen molar-refractivity contribution in [1.29, 1.82) is 0 Å². The van der Waals surface area contributed by atoms with Crippen LogP contribution in [0.5, 0.6) is 5.75 Å². The molecule has 2 N–H and O–H groups in total. The van der Waals surface area contributed by atoms with Gasteiger partial charge < -0.3 is 15.2 Å². The Bertz CT molecular complexity index is 770. The number of esters is 1. The Morgan fingerprint density at radius 1 is 1.21 bits per heavy atom. The van der Waals surface area contributed by atoms with Gasteiger partial charge in [0.2, 0.25) is 0 Å². The Labute approximate surface area is 140 Å². The summed E-state index contributed by atoms with van der Waals surface area (Å²) < 4.78 is 10.7. The molecular formula is C19H19NO4. The summed E-state index contributed by atoms with van der Waals surface area (Å²) in [7, 11) is 1.32. The summed E-state index contributed by atoms with van der Waals surface area (Å²) in [6.45, 7) is 0.330. The van der Waals surface area contributed by atoms with E-state index in [2.05, 4.69) is 0 Å². The first kappa shape index (κ1) is 16.2.